The fourth-order valence-electron chi connectivity index (χ4n) is 1.64. The maximum Gasteiger partial charge on any atom is 0.195 e. The lowest BCUT2D eigenvalue weighted by Crippen LogP contribution is -2.00. The van der Waals surface area contributed by atoms with Crippen LogP contribution >= 0.6 is 23.8 Å². The van der Waals surface area contributed by atoms with Crippen LogP contribution in [-0.4, -0.2) is 19.9 Å². The third-order valence-corrected chi connectivity index (χ3v) is 3.04. The van der Waals surface area contributed by atoms with E-state index in [0.29, 0.717) is 21.2 Å². The Labute approximate surface area is 109 Å². The molecule has 2 N–H and O–H groups in total. The molecule has 17 heavy (non-hydrogen) atoms. The number of aromatic amines is 1. The van der Waals surface area contributed by atoms with Crippen LogP contribution in [-0.2, 0) is 6.54 Å². The molecule has 0 saturated heterocycles. The number of H-pyrrole nitrogens is 1. The van der Waals surface area contributed by atoms with E-state index in [1.807, 2.05) is 4.57 Å². The highest BCUT2D eigenvalue weighted by Gasteiger charge is 2.12. The fraction of sp³-hybridized carbons (Fsp3) is 0.273. The van der Waals surface area contributed by atoms with Gasteiger partial charge in [-0.1, -0.05) is 18.5 Å². The number of halogens is 1. The zero-order valence-electron chi connectivity index (χ0n) is 9.27. The summed E-state index contributed by atoms with van der Waals surface area (Å²) in [6.07, 6.45) is 0.942. The number of aromatic nitrogens is 3. The number of phenols is 1. The molecule has 0 aliphatic heterocycles. The van der Waals surface area contributed by atoms with Crippen molar-refractivity contribution in [2.45, 2.75) is 19.9 Å². The summed E-state index contributed by atoms with van der Waals surface area (Å²) in [6.45, 7) is 2.82. The normalized spacial score (nSPS) is 10.7. The van der Waals surface area contributed by atoms with Crippen molar-refractivity contribution in [1.82, 2.24) is 14.8 Å². The Hall–Kier alpha value is -1.33. The molecule has 0 bridgehead atoms. The third-order valence-electron chi connectivity index (χ3n) is 2.40. The molecule has 0 aliphatic rings. The monoisotopic (exact) mass is 269 g/mol. The second-order valence-electron chi connectivity index (χ2n) is 3.67. The molecule has 0 atom stereocenters. The van der Waals surface area contributed by atoms with Crippen molar-refractivity contribution >= 4 is 23.8 Å². The maximum absolute atomic E-state index is 9.49. The predicted octanol–water partition coefficient (Wildman–Crippen LogP) is 3.38. The number of hydrogen-bond acceptors (Lipinski definition) is 3. The first-order chi connectivity index (χ1) is 8.13. The van der Waals surface area contributed by atoms with Crippen molar-refractivity contribution in [2.75, 3.05) is 0 Å². The summed E-state index contributed by atoms with van der Waals surface area (Å²) in [5.74, 6) is 0.805. The molecule has 2 rings (SSSR count). The van der Waals surface area contributed by atoms with Crippen LogP contribution in [0, 0.1) is 4.77 Å². The lowest BCUT2D eigenvalue weighted by Gasteiger charge is -2.07. The molecule has 0 fully saturated rings. The van der Waals surface area contributed by atoms with Gasteiger partial charge >= 0.3 is 0 Å². The number of aromatic hydroxyl groups is 1. The molecule has 90 valence electrons. The van der Waals surface area contributed by atoms with E-state index in [2.05, 4.69) is 17.1 Å². The van der Waals surface area contributed by atoms with E-state index < -0.39 is 0 Å². The molecule has 0 radical (unpaired) electrons. The molecule has 0 spiro atoms. The molecule has 4 nitrogen and oxygen atoms in total. The quantitative estimate of drug-likeness (QED) is 0.840. The smallest absolute Gasteiger partial charge is 0.195 e. The average molecular weight is 270 g/mol. The highest BCUT2D eigenvalue weighted by Crippen LogP contribution is 2.29. The average Bonchev–Trinajstić information content (AvgIpc) is 2.65. The number of nitrogens with zero attached hydrogens (tertiary/aromatic N) is 2. The second kappa shape index (κ2) is 4.89. The molecule has 2 aromatic rings. The number of nitrogens with one attached hydrogen (secondary N) is 1. The zero-order chi connectivity index (χ0) is 12.4. The highest BCUT2D eigenvalue weighted by molar-refractivity contribution is 7.71. The molecule has 0 aliphatic carbocycles. The number of hydrogen-bond donors (Lipinski definition) is 2. The summed E-state index contributed by atoms with van der Waals surface area (Å²) in [6, 6.07) is 4.76. The summed E-state index contributed by atoms with van der Waals surface area (Å²) < 4.78 is 2.43. The van der Waals surface area contributed by atoms with Gasteiger partial charge in [-0.3, -0.25) is 5.10 Å². The van der Waals surface area contributed by atoms with E-state index in [1.165, 1.54) is 6.07 Å². The van der Waals surface area contributed by atoms with Crippen LogP contribution in [0.4, 0.5) is 0 Å². The SMILES string of the molecule is CCCn1c(-c2cc(O)ccc2Cl)n[nH]c1=S. The molecular weight excluding hydrogens is 258 g/mol. The van der Waals surface area contributed by atoms with E-state index >= 15 is 0 Å². The minimum Gasteiger partial charge on any atom is -0.508 e. The van der Waals surface area contributed by atoms with E-state index in [1.54, 1.807) is 12.1 Å². The van der Waals surface area contributed by atoms with Crippen molar-refractivity contribution in [3.05, 3.63) is 28.0 Å². The van der Waals surface area contributed by atoms with E-state index in [-0.39, 0.29) is 5.75 Å². The Morgan fingerprint density at radius 1 is 1.53 bits per heavy atom. The number of benzene rings is 1. The van der Waals surface area contributed by atoms with Gasteiger partial charge in [0.2, 0.25) is 0 Å². The van der Waals surface area contributed by atoms with Crippen molar-refractivity contribution < 1.29 is 5.11 Å². The van der Waals surface area contributed by atoms with Crippen LogP contribution in [0.5, 0.6) is 5.75 Å². The van der Waals surface area contributed by atoms with Crippen LogP contribution in [0.25, 0.3) is 11.4 Å². The molecular formula is C11H12ClN3OS. The van der Waals surface area contributed by atoms with Gasteiger partial charge in [0.15, 0.2) is 10.6 Å². The zero-order valence-corrected chi connectivity index (χ0v) is 10.8. The largest absolute Gasteiger partial charge is 0.508 e. The van der Waals surface area contributed by atoms with Crippen molar-refractivity contribution in [3.8, 4) is 17.1 Å². The Morgan fingerprint density at radius 2 is 2.29 bits per heavy atom. The summed E-state index contributed by atoms with van der Waals surface area (Å²) in [5.41, 5.74) is 0.674. The van der Waals surface area contributed by atoms with Gasteiger partial charge in [0, 0.05) is 12.1 Å². The van der Waals surface area contributed by atoms with Gasteiger partial charge in [0.25, 0.3) is 0 Å². The standard InChI is InChI=1S/C11H12ClN3OS/c1-2-5-15-10(13-14-11(15)17)8-6-7(16)3-4-9(8)12/h3-4,6,16H,2,5H2,1H3,(H,14,17). The molecule has 1 aromatic heterocycles. The summed E-state index contributed by atoms with van der Waals surface area (Å²) in [5, 5.41) is 16.9. The number of rotatable bonds is 3. The first-order valence-electron chi connectivity index (χ1n) is 5.27. The summed E-state index contributed by atoms with van der Waals surface area (Å²) >= 11 is 11.3. The van der Waals surface area contributed by atoms with Gasteiger partial charge in [-0.05, 0) is 36.8 Å². The fourth-order valence-corrected chi connectivity index (χ4v) is 2.06. The molecule has 0 unspecified atom stereocenters. The van der Waals surface area contributed by atoms with Crippen molar-refractivity contribution in [1.29, 1.82) is 0 Å². The highest BCUT2D eigenvalue weighted by atomic mass is 35.5. The lowest BCUT2D eigenvalue weighted by atomic mass is 10.2. The minimum absolute atomic E-state index is 0.154. The third kappa shape index (κ3) is 2.35. The lowest BCUT2D eigenvalue weighted by molar-refractivity contribution is 0.475. The van der Waals surface area contributed by atoms with Gasteiger partial charge in [0.05, 0.1) is 5.02 Å². The van der Waals surface area contributed by atoms with Crippen LogP contribution in [0.2, 0.25) is 5.02 Å². The van der Waals surface area contributed by atoms with Gasteiger partial charge in [-0.15, -0.1) is 0 Å². The Morgan fingerprint density at radius 3 is 3.00 bits per heavy atom. The topological polar surface area (TPSA) is 53.8 Å². The summed E-state index contributed by atoms with van der Waals surface area (Å²) in [7, 11) is 0. The van der Waals surface area contributed by atoms with Crippen LogP contribution in [0.1, 0.15) is 13.3 Å². The van der Waals surface area contributed by atoms with Gasteiger partial charge in [-0.25, -0.2) is 0 Å². The predicted molar refractivity (Wildman–Crippen MR) is 69.8 cm³/mol. The van der Waals surface area contributed by atoms with Gasteiger partial charge in [-0.2, -0.15) is 5.10 Å². The first-order valence-corrected chi connectivity index (χ1v) is 6.06. The van der Waals surface area contributed by atoms with Gasteiger partial charge in [0.1, 0.15) is 5.75 Å². The summed E-state index contributed by atoms with van der Waals surface area (Å²) in [4.78, 5) is 0. The van der Waals surface area contributed by atoms with Crippen LogP contribution < -0.4 is 0 Å². The molecule has 0 saturated carbocycles. The first kappa shape index (κ1) is 12.1. The Kier molecular flexibility index (Phi) is 3.49. The molecule has 0 amide bonds. The molecule has 6 heteroatoms. The molecule has 1 heterocycles. The maximum atomic E-state index is 9.49. The Bertz CT molecular complexity index is 591. The Balaban J connectivity index is 2.60. The van der Waals surface area contributed by atoms with Crippen molar-refractivity contribution in [3.63, 3.8) is 0 Å². The van der Waals surface area contributed by atoms with E-state index in [4.69, 9.17) is 23.8 Å². The molecule has 1 aromatic carbocycles. The second-order valence-corrected chi connectivity index (χ2v) is 4.46. The van der Waals surface area contributed by atoms with Crippen molar-refractivity contribution in [2.24, 2.45) is 0 Å². The van der Waals surface area contributed by atoms with Crippen LogP contribution in [0.15, 0.2) is 18.2 Å². The van der Waals surface area contributed by atoms with E-state index in [9.17, 15) is 5.11 Å². The number of phenolic OH excluding ortho intramolecular Hbond substituents is 1. The van der Waals surface area contributed by atoms with E-state index in [0.717, 1.165) is 13.0 Å². The van der Waals surface area contributed by atoms with Gasteiger partial charge < -0.3 is 9.67 Å². The minimum atomic E-state index is 0.154. The van der Waals surface area contributed by atoms with Crippen LogP contribution in [0.3, 0.4) is 0 Å².